The minimum atomic E-state index is 0.139. The molecule has 0 bridgehead atoms. The van der Waals surface area contributed by atoms with Gasteiger partial charge in [-0.3, -0.25) is 4.79 Å². The van der Waals surface area contributed by atoms with Crippen molar-refractivity contribution >= 4 is 22.4 Å². The van der Waals surface area contributed by atoms with Crippen LogP contribution in [-0.4, -0.2) is 39.0 Å². The van der Waals surface area contributed by atoms with Crippen LogP contribution in [0.5, 0.6) is 0 Å². The quantitative estimate of drug-likeness (QED) is 0.916. The van der Waals surface area contributed by atoms with Crippen molar-refractivity contribution in [3.8, 4) is 0 Å². The standard InChI is InChI=1S/C13H17N5O2S/c1-8-15-12(20-17-8)9-4-5-18(6-9)11(19)3-2-10-7-21-13(14)16-10/h7,9H,2-6H2,1H3,(H2,14,16). The Bertz CT molecular complexity index is 638. The van der Waals surface area contributed by atoms with Gasteiger partial charge in [-0.1, -0.05) is 5.16 Å². The van der Waals surface area contributed by atoms with Gasteiger partial charge in [0.25, 0.3) is 0 Å². The largest absolute Gasteiger partial charge is 0.375 e. The van der Waals surface area contributed by atoms with E-state index in [2.05, 4.69) is 15.1 Å². The Morgan fingerprint density at radius 1 is 1.57 bits per heavy atom. The Labute approximate surface area is 126 Å². The molecule has 1 aliphatic heterocycles. The Morgan fingerprint density at radius 2 is 2.43 bits per heavy atom. The van der Waals surface area contributed by atoms with Gasteiger partial charge in [0.2, 0.25) is 11.8 Å². The molecule has 2 N–H and O–H groups in total. The van der Waals surface area contributed by atoms with Gasteiger partial charge in [0, 0.05) is 24.9 Å². The number of likely N-dealkylation sites (tertiary alicyclic amines) is 1. The van der Waals surface area contributed by atoms with Crippen molar-refractivity contribution in [2.24, 2.45) is 0 Å². The summed E-state index contributed by atoms with van der Waals surface area (Å²) in [7, 11) is 0. The zero-order valence-corrected chi connectivity index (χ0v) is 12.6. The number of nitrogens with two attached hydrogens (primary N) is 1. The highest BCUT2D eigenvalue weighted by Gasteiger charge is 2.30. The van der Waals surface area contributed by atoms with Crippen molar-refractivity contribution in [2.45, 2.75) is 32.1 Å². The zero-order valence-electron chi connectivity index (χ0n) is 11.8. The normalized spacial score (nSPS) is 18.3. The second kappa shape index (κ2) is 5.80. The molecule has 0 spiro atoms. The van der Waals surface area contributed by atoms with E-state index in [-0.39, 0.29) is 11.8 Å². The Hall–Kier alpha value is -1.96. The third kappa shape index (κ3) is 3.21. The molecule has 1 fully saturated rings. The van der Waals surface area contributed by atoms with E-state index in [4.69, 9.17) is 10.3 Å². The van der Waals surface area contributed by atoms with E-state index in [1.54, 1.807) is 6.92 Å². The van der Waals surface area contributed by atoms with Gasteiger partial charge in [-0.05, 0) is 19.8 Å². The molecule has 1 aliphatic rings. The van der Waals surface area contributed by atoms with Gasteiger partial charge in [-0.15, -0.1) is 11.3 Å². The summed E-state index contributed by atoms with van der Waals surface area (Å²) in [6.45, 7) is 3.19. The van der Waals surface area contributed by atoms with Crippen molar-refractivity contribution in [1.82, 2.24) is 20.0 Å². The molecule has 0 saturated carbocycles. The van der Waals surface area contributed by atoms with E-state index >= 15 is 0 Å². The third-order valence-corrected chi connectivity index (χ3v) is 4.32. The zero-order chi connectivity index (χ0) is 14.8. The molecule has 0 aliphatic carbocycles. The van der Waals surface area contributed by atoms with Crippen LogP contribution in [0, 0.1) is 6.92 Å². The number of anilines is 1. The van der Waals surface area contributed by atoms with Gasteiger partial charge >= 0.3 is 0 Å². The molecule has 1 atom stereocenters. The Balaban J connectivity index is 1.52. The first-order valence-corrected chi connectivity index (χ1v) is 7.77. The summed E-state index contributed by atoms with van der Waals surface area (Å²) in [5.74, 6) is 1.57. The molecule has 2 aromatic rings. The highest BCUT2D eigenvalue weighted by Crippen LogP contribution is 2.26. The molecular weight excluding hydrogens is 290 g/mol. The molecule has 0 radical (unpaired) electrons. The minimum absolute atomic E-state index is 0.139. The SMILES string of the molecule is Cc1noc(C2CCN(C(=O)CCc3csc(N)n3)C2)n1. The van der Waals surface area contributed by atoms with Crippen LogP contribution in [0.4, 0.5) is 5.13 Å². The summed E-state index contributed by atoms with van der Waals surface area (Å²) >= 11 is 1.40. The fourth-order valence-electron chi connectivity index (χ4n) is 2.50. The van der Waals surface area contributed by atoms with Gasteiger partial charge in [0.05, 0.1) is 11.6 Å². The number of nitrogen functional groups attached to an aromatic ring is 1. The smallest absolute Gasteiger partial charge is 0.231 e. The summed E-state index contributed by atoms with van der Waals surface area (Å²) in [6.07, 6.45) is 1.96. The first kappa shape index (κ1) is 14.0. The average Bonchev–Trinajstić information content (AvgIpc) is 3.16. The number of thiazole rings is 1. The molecule has 1 amide bonds. The number of rotatable bonds is 4. The van der Waals surface area contributed by atoms with Gasteiger partial charge in [0.15, 0.2) is 11.0 Å². The molecule has 3 heterocycles. The van der Waals surface area contributed by atoms with E-state index in [0.29, 0.717) is 36.2 Å². The van der Waals surface area contributed by atoms with Crippen LogP contribution in [0.15, 0.2) is 9.90 Å². The fraction of sp³-hybridized carbons (Fsp3) is 0.538. The topological polar surface area (TPSA) is 98.1 Å². The number of hydrogen-bond donors (Lipinski definition) is 1. The Kier molecular flexibility index (Phi) is 3.87. The van der Waals surface area contributed by atoms with Crippen LogP contribution >= 0.6 is 11.3 Å². The predicted octanol–water partition coefficient (Wildman–Crippen LogP) is 1.37. The first-order valence-electron chi connectivity index (χ1n) is 6.89. The van der Waals surface area contributed by atoms with E-state index < -0.39 is 0 Å². The molecule has 8 heteroatoms. The van der Waals surface area contributed by atoms with Crippen molar-refractivity contribution in [3.63, 3.8) is 0 Å². The van der Waals surface area contributed by atoms with Crippen molar-refractivity contribution in [2.75, 3.05) is 18.8 Å². The van der Waals surface area contributed by atoms with Crippen LogP contribution in [0.25, 0.3) is 0 Å². The maximum Gasteiger partial charge on any atom is 0.231 e. The molecule has 0 aromatic carbocycles. The Morgan fingerprint density at radius 3 is 3.10 bits per heavy atom. The van der Waals surface area contributed by atoms with Gasteiger partial charge in [-0.2, -0.15) is 4.98 Å². The van der Waals surface area contributed by atoms with Crippen LogP contribution < -0.4 is 5.73 Å². The van der Waals surface area contributed by atoms with E-state index in [1.165, 1.54) is 11.3 Å². The fourth-order valence-corrected chi connectivity index (χ4v) is 3.10. The number of carbonyl (C=O) groups excluding carboxylic acids is 1. The van der Waals surface area contributed by atoms with Gasteiger partial charge in [-0.25, -0.2) is 4.98 Å². The number of aryl methyl sites for hydroxylation is 2. The minimum Gasteiger partial charge on any atom is -0.375 e. The lowest BCUT2D eigenvalue weighted by molar-refractivity contribution is -0.130. The van der Waals surface area contributed by atoms with E-state index in [0.717, 1.165) is 18.7 Å². The summed E-state index contributed by atoms with van der Waals surface area (Å²) in [5.41, 5.74) is 6.46. The third-order valence-electron chi connectivity index (χ3n) is 3.60. The number of nitrogens with zero attached hydrogens (tertiary/aromatic N) is 4. The molecule has 7 nitrogen and oxygen atoms in total. The highest BCUT2D eigenvalue weighted by molar-refractivity contribution is 7.13. The molecule has 112 valence electrons. The second-order valence-electron chi connectivity index (χ2n) is 5.18. The number of aromatic nitrogens is 3. The number of carbonyl (C=O) groups is 1. The lowest BCUT2D eigenvalue weighted by Gasteiger charge is -2.15. The van der Waals surface area contributed by atoms with Crippen molar-refractivity contribution < 1.29 is 9.32 Å². The van der Waals surface area contributed by atoms with Crippen LogP contribution in [-0.2, 0) is 11.2 Å². The van der Waals surface area contributed by atoms with Crippen molar-refractivity contribution in [3.05, 3.63) is 22.8 Å². The molecule has 1 saturated heterocycles. The average molecular weight is 307 g/mol. The number of amides is 1. The van der Waals surface area contributed by atoms with E-state index in [1.807, 2.05) is 10.3 Å². The highest BCUT2D eigenvalue weighted by atomic mass is 32.1. The monoisotopic (exact) mass is 307 g/mol. The molecule has 3 rings (SSSR count). The van der Waals surface area contributed by atoms with Crippen LogP contribution in [0.3, 0.4) is 0 Å². The molecular formula is C13H17N5O2S. The molecule has 2 aromatic heterocycles. The van der Waals surface area contributed by atoms with Crippen LogP contribution in [0.1, 0.15) is 36.2 Å². The lowest BCUT2D eigenvalue weighted by atomic mass is 10.1. The van der Waals surface area contributed by atoms with Crippen molar-refractivity contribution in [1.29, 1.82) is 0 Å². The second-order valence-corrected chi connectivity index (χ2v) is 6.07. The molecule has 21 heavy (non-hydrogen) atoms. The predicted molar refractivity (Wildman–Crippen MR) is 77.8 cm³/mol. The summed E-state index contributed by atoms with van der Waals surface area (Å²) < 4.78 is 5.19. The summed E-state index contributed by atoms with van der Waals surface area (Å²) in [6, 6.07) is 0. The van der Waals surface area contributed by atoms with E-state index in [9.17, 15) is 4.79 Å². The maximum absolute atomic E-state index is 12.2. The first-order chi connectivity index (χ1) is 10.1. The summed E-state index contributed by atoms with van der Waals surface area (Å²) in [4.78, 5) is 22.5. The molecule has 1 unspecified atom stereocenters. The lowest BCUT2D eigenvalue weighted by Crippen LogP contribution is -2.28. The van der Waals surface area contributed by atoms with Crippen LogP contribution in [0.2, 0.25) is 0 Å². The van der Waals surface area contributed by atoms with Gasteiger partial charge in [0.1, 0.15) is 0 Å². The summed E-state index contributed by atoms with van der Waals surface area (Å²) in [5, 5.41) is 6.25. The number of hydrogen-bond acceptors (Lipinski definition) is 7. The maximum atomic E-state index is 12.2. The van der Waals surface area contributed by atoms with Gasteiger partial charge < -0.3 is 15.2 Å².